The summed E-state index contributed by atoms with van der Waals surface area (Å²) in [6.45, 7) is 12.5. The van der Waals surface area contributed by atoms with E-state index in [-0.39, 0.29) is 30.0 Å². The van der Waals surface area contributed by atoms with Crippen molar-refractivity contribution in [2.45, 2.75) is 53.9 Å². The van der Waals surface area contributed by atoms with Gasteiger partial charge < -0.3 is 9.47 Å². The third kappa shape index (κ3) is 4.38. The molecule has 1 aromatic heterocycles. The second kappa shape index (κ2) is 6.51. The van der Waals surface area contributed by atoms with E-state index < -0.39 is 17.4 Å². The van der Waals surface area contributed by atoms with E-state index in [1.54, 1.807) is 11.3 Å². The molecule has 1 aromatic rings. The predicted molar refractivity (Wildman–Crippen MR) is 94.9 cm³/mol. The quantitative estimate of drug-likeness (QED) is 0.582. The summed E-state index contributed by atoms with van der Waals surface area (Å²) in [5, 5.41) is 1.96. The van der Waals surface area contributed by atoms with Crippen molar-refractivity contribution in [1.29, 1.82) is 0 Å². The van der Waals surface area contributed by atoms with Gasteiger partial charge in [-0.2, -0.15) is 0 Å². The van der Waals surface area contributed by atoms with Crippen molar-refractivity contribution in [2.24, 2.45) is 16.2 Å². The minimum absolute atomic E-state index is 0.127. The van der Waals surface area contributed by atoms with Gasteiger partial charge in [-0.1, -0.05) is 47.6 Å². The lowest BCUT2D eigenvalue weighted by Crippen LogP contribution is -2.34. The molecule has 0 spiro atoms. The van der Waals surface area contributed by atoms with Crippen LogP contribution in [-0.2, 0) is 19.1 Å². The fraction of sp³-hybridized carbons (Fsp3) is 0.684. The van der Waals surface area contributed by atoms with Crippen molar-refractivity contribution in [2.75, 3.05) is 13.2 Å². The van der Waals surface area contributed by atoms with E-state index in [1.807, 2.05) is 59.1 Å². The van der Waals surface area contributed by atoms with Crippen molar-refractivity contribution in [3.63, 3.8) is 0 Å². The van der Waals surface area contributed by atoms with Crippen LogP contribution in [0.25, 0.3) is 0 Å². The molecule has 1 atom stereocenters. The molecule has 4 nitrogen and oxygen atoms in total. The molecule has 0 amide bonds. The van der Waals surface area contributed by atoms with Crippen LogP contribution >= 0.6 is 11.3 Å². The molecule has 2 rings (SSSR count). The van der Waals surface area contributed by atoms with Crippen LogP contribution in [0.3, 0.4) is 0 Å². The molecule has 1 aliphatic rings. The largest absolute Gasteiger partial charge is 0.464 e. The van der Waals surface area contributed by atoms with Gasteiger partial charge in [-0.3, -0.25) is 9.59 Å². The molecule has 1 unspecified atom stereocenters. The van der Waals surface area contributed by atoms with Crippen LogP contribution in [0.4, 0.5) is 0 Å². The van der Waals surface area contributed by atoms with Crippen molar-refractivity contribution < 1.29 is 19.1 Å². The lowest BCUT2D eigenvalue weighted by atomic mass is 9.97. The van der Waals surface area contributed by atoms with E-state index >= 15 is 0 Å². The molecule has 5 heteroatoms. The maximum atomic E-state index is 12.7. The number of thiophene rings is 1. The zero-order chi connectivity index (χ0) is 18.2. The van der Waals surface area contributed by atoms with Gasteiger partial charge in [0.15, 0.2) is 5.41 Å². The van der Waals surface area contributed by atoms with Crippen LogP contribution in [0.5, 0.6) is 0 Å². The average molecular weight is 352 g/mol. The van der Waals surface area contributed by atoms with Crippen LogP contribution in [0.2, 0.25) is 0 Å². The molecule has 0 aromatic carbocycles. The summed E-state index contributed by atoms with van der Waals surface area (Å²) in [6.07, 6.45) is 0.472. The zero-order valence-electron chi connectivity index (χ0n) is 15.5. The van der Waals surface area contributed by atoms with Crippen LogP contribution in [0.1, 0.15) is 58.8 Å². The van der Waals surface area contributed by atoms with Crippen molar-refractivity contribution in [3.05, 3.63) is 22.4 Å². The summed E-state index contributed by atoms with van der Waals surface area (Å²) >= 11 is 1.56. The van der Waals surface area contributed by atoms with E-state index in [2.05, 4.69) is 0 Å². The predicted octanol–water partition coefficient (Wildman–Crippen LogP) is 4.40. The summed E-state index contributed by atoms with van der Waals surface area (Å²) < 4.78 is 11.0. The van der Waals surface area contributed by atoms with E-state index in [0.29, 0.717) is 6.42 Å². The minimum atomic E-state index is -1.17. The Kier molecular flexibility index (Phi) is 5.14. The van der Waals surface area contributed by atoms with E-state index in [0.717, 1.165) is 4.88 Å². The van der Waals surface area contributed by atoms with Gasteiger partial charge in [0, 0.05) is 10.8 Å². The standard InChI is InChI=1S/C19H28O4S/c1-17(2,3)11-22-15(20)19(16(21)23-12-18(4,5)6)10-13(19)14-8-7-9-24-14/h7-9,13H,10-12H2,1-6H3. The van der Waals surface area contributed by atoms with Gasteiger partial charge in [0.25, 0.3) is 0 Å². The minimum Gasteiger partial charge on any atom is -0.464 e. The number of hydrogen-bond donors (Lipinski definition) is 0. The topological polar surface area (TPSA) is 52.6 Å². The first-order valence-corrected chi connectivity index (χ1v) is 9.21. The lowest BCUT2D eigenvalue weighted by Gasteiger charge is -2.23. The van der Waals surface area contributed by atoms with Gasteiger partial charge in [-0.05, 0) is 28.7 Å². The van der Waals surface area contributed by atoms with E-state index in [1.165, 1.54) is 0 Å². The Balaban J connectivity index is 2.15. The number of ether oxygens (including phenoxy) is 2. The van der Waals surface area contributed by atoms with Gasteiger partial charge >= 0.3 is 11.9 Å². The summed E-state index contributed by atoms with van der Waals surface area (Å²) in [6, 6.07) is 3.90. The second-order valence-corrected chi connectivity index (χ2v) is 10.00. The molecular weight excluding hydrogens is 324 g/mol. The van der Waals surface area contributed by atoms with Gasteiger partial charge in [0.2, 0.25) is 0 Å². The third-order valence-electron chi connectivity index (χ3n) is 3.85. The molecule has 0 radical (unpaired) electrons. The zero-order valence-corrected chi connectivity index (χ0v) is 16.3. The highest BCUT2D eigenvalue weighted by atomic mass is 32.1. The number of esters is 2. The molecule has 1 heterocycles. The third-order valence-corrected chi connectivity index (χ3v) is 4.83. The number of hydrogen-bond acceptors (Lipinski definition) is 5. The molecule has 0 N–H and O–H groups in total. The maximum Gasteiger partial charge on any atom is 0.324 e. The Morgan fingerprint density at radius 2 is 1.58 bits per heavy atom. The second-order valence-electron chi connectivity index (χ2n) is 9.02. The molecule has 0 aliphatic heterocycles. The molecule has 0 saturated heterocycles. The van der Waals surface area contributed by atoms with E-state index in [4.69, 9.17) is 9.47 Å². The molecular formula is C19H28O4S. The van der Waals surface area contributed by atoms with Crippen LogP contribution in [0.15, 0.2) is 17.5 Å². The SMILES string of the molecule is CC(C)(C)COC(=O)C1(C(=O)OCC(C)(C)C)CC1c1cccs1. The highest BCUT2D eigenvalue weighted by Crippen LogP contribution is 2.62. The van der Waals surface area contributed by atoms with Crippen molar-refractivity contribution >= 4 is 23.3 Å². The Hall–Kier alpha value is -1.36. The Bertz CT molecular complexity index is 560. The molecule has 1 aliphatic carbocycles. The Morgan fingerprint density at radius 3 is 1.96 bits per heavy atom. The Morgan fingerprint density at radius 1 is 1.08 bits per heavy atom. The summed E-state index contributed by atoms with van der Waals surface area (Å²) in [7, 11) is 0. The Labute approximate surface area is 148 Å². The van der Waals surface area contributed by atoms with Crippen molar-refractivity contribution in [1.82, 2.24) is 0 Å². The molecule has 1 fully saturated rings. The first-order chi connectivity index (χ1) is 11.0. The first kappa shape index (κ1) is 19.0. The van der Waals surface area contributed by atoms with Gasteiger partial charge in [-0.15, -0.1) is 11.3 Å². The normalized spacial score (nSPS) is 19.7. The maximum absolute atomic E-state index is 12.7. The summed E-state index contributed by atoms with van der Waals surface area (Å²) in [5.41, 5.74) is -1.44. The molecule has 1 saturated carbocycles. The van der Waals surface area contributed by atoms with Crippen LogP contribution in [0, 0.1) is 16.2 Å². The first-order valence-electron chi connectivity index (χ1n) is 8.34. The summed E-state index contributed by atoms with van der Waals surface area (Å²) in [4.78, 5) is 26.5. The van der Waals surface area contributed by atoms with Gasteiger partial charge in [0.05, 0.1) is 13.2 Å². The van der Waals surface area contributed by atoms with Gasteiger partial charge in [-0.25, -0.2) is 0 Å². The fourth-order valence-electron chi connectivity index (χ4n) is 2.45. The smallest absolute Gasteiger partial charge is 0.324 e. The van der Waals surface area contributed by atoms with E-state index in [9.17, 15) is 9.59 Å². The monoisotopic (exact) mass is 352 g/mol. The number of carbonyl (C=O) groups is 2. The van der Waals surface area contributed by atoms with Crippen LogP contribution in [-0.4, -0.2) is 25.2 Å². The fourth-order valence-corrected chi connectivity index (χ4v) is 3.37. The number of carbonyl (C=O) groups excluding carboxylic acids is 2. The molecule has 24 heavy (non-hydrogen) atoms. The highest BCUT2D eigenvalue weighted by molar-refractivity contribution is 7.10. The van der Waals surface area contributed by atoms with Crippen LogP contribution < -0.4 is 0 Å². The summed E-state index contributed by atoms with van der Waals surface area (Å²) in [5.74, 6) is -1.03. The molecule has 134 valence electrons. The lowest BCUT2D eigenvalue weighted by molar-refractivity contribution is -0.168. The van der Waals surface area contributed by atoms with Crippen molar-refractivity contribution in [3.8, 4) is 0 Å². The average Bonchev–Trinajstić information content (AvgIpc) is 2.97. The highest BCUT2D eigenvalue weighted by Gasteiger charge is 2.69. The molecule has 0 bridgehead atoms. The van der Waals surface area contributed by atoms with Gasteiger partial charge in [0.1, 0.15) is 0 Å². The number of rotatable bonds is 5.